The van der Waals surface area contributed by atoms with E-state index in [1.807, 2.05) is 0 Å². The molecule has 0 bridgehead atoms. The summed E-state index contributed by atoms with van der Waals surface area (Å²) >= 11 is 0. The van der Waals surface area contributed by atoms with Gasteiger partial charge in [0.25, 0.3) is 0 Å². The lowest BCUT2D eigenvalue weighted by molar-refractivity contribution is 0.408. The van der Waals surface area contributed by atoms with Crippen molar-refractivity contribution >= 4 is 0 Å². The van der Waals surface area contributed by atoms with Crippen molar-refractivity contribution in [2.24, 2.45) is 0 Å². The van der Waals surface area contributed by atoms with Gasteiger partial charge >= 0.3 is 0 Å². The quantitative estimate of drug-likeness (QED) is 0.734. The summed E-state index contributed by atoms with van der Waals surface area (Å²) in [6.45, 7) is 2.20. The van der Waals surface area contributed by atoms with Crippen molar-refractivity contribution in [2.75, 3.05) is 7.11 Å². The lowest BCUT2D eigenvalue weighted by Gasteiger charge is -2.23. The molecule has 1 aromatic carbocycles. The van der Waals surface area contributed by atoms with E-state index < -0.39 is 0 Å². The van der Waals surface area contributed by atoms with Crippen molar-refractivity contribution in [3.05, 3.63) is 29.3 Å². The molecule has 0 radical (unpaired) electrons. The van der Waals surface area contributed by atoms with Crippen LogP contribution in [0.4, 0.5) is 0 Å². The van der Waals surface area contributed by atoms with E-state index in [4.69, 9.17) is 4.74 Å². The second-order valence-corrected chi connectivity index (χ2v) is 4.76. The summed E-state index contributed by atoms with van der Waals surface area (Å²) in [4.78, 5) is 0. The standard InChI is InChI=1S/C15H22O/c1-3-12-11-14(9-10-15(12)16-2)13-7-5-4-6-8-13/h9-11,13H,3-8H2,1-2H3. The van der Waals surface area contributed by atoms with Crippen LogP contribution in [-0.2, 0) is 6.42 Å². The van der Waals surface area contributed by atoms with Gasteiger partial charge in [0, 0.05) is 0 Å². The highest BCUT2D eigenvalue weighted by Gasteiger charge is 2.16. The Labute approximate surface area is 98.8 Å². The fraction of sp³-hybridized carbons (Fsp3) is 0.600. The Morgan fingerprint density at radius 2 is 1.94 bits per heavy atom. The van der Waals surface area contributed by atoms with Gasteiger partial charge in [0.15, 0.2) is 0 Å². The summed E-state index contributed by atoms with van der Waals surface area (Å²) < 4.78 is 5.38. The van der Waals surface area contributed by atoms with E-state index in [0.717, 1.165) is 18.1 Å². The van der Waals surface area contributed by atoms with Crippen LogP contribution in [0.3, 0.4) is 0 Å². The molecule has 16 heavy (non-hydrogen) atoms. The van der Waals surface area contributed by atoms with Crippen molar-refractivity contribution < 1.29 is 4.74 Å². The Bertz CT molecular complexity index is 337. The zero-order chi connectivity index (χ0) is 11.4. The first-order valence-corrected chi connectivity index (χ1v) is 6.52. The lowest BCUT2D eigenvalue weighted by Crippen LogP contribution is -2.05. The maximum atomic E-state index is 5.38. The molecule has 1 nitrogen and oxygen atoms in total. The van der Waals surface area contributed by atoms with Crippen molar-refractivity contribution in [1.82, 2.24) is 0 Å². The van der Waals surface area contributed by atoms with Crippen LogP contribution in [0.15, 0.2) is 18.2 Å². The van der Waals surface area contributed by atoms with Gasteiger partial charge in [0.05, 0.1) is 7.11 Å². The minimum absolute atomic E-state index is 0.796. The smallest absolute Gasteiger partial charge is 0.122 e. The Kier molecular flexibility index (Phi) is 3.87. The molecule has 0 unspecified atom stereocenters. The van der Waals surface area contributed by atoms with Crippen LogP contribution in [-0.4, -0.2) is 7.11 Å². The van der Waals surface area contributed by atoms with E-state index in [2.05, 4.69) is 25.1 Å². The third kappa shape index (κ3) is 2.40. The molecule has 0 saturated heterocycles. The third-order valence-corrected chi connectivity index (χ3v) is 3.76. The van der Waals surface area contributed by atoms with Gasteiger partial charge in [-0.2, -0.15) is 0 Å². The third-order valence-electron chi connectivity index (χ3n) is 3.76. The van der Waals surface area contributed by atoms with Crippen molar-refractivity contribution in [1.29, 1.82) is 0 Å². The first-order chi connectivity index (χ1) is 7.85. The average Bonchev–Trinajstić information content (AvgIpc) is 2.39. The van der Waals surface area contributed by atoms with Gasteiger partial charge < -0.3 is 4.74 Å². The largest absolute Gasteiger partial charge is 0.496 e. The minimum atomic E-state index is 0.796. The Morgan fingerprint density at radius 3 is 2.56 bits per heavy atom. The molecule has 1 aromatic rings. The number of rotatable bonds is 3. The zero-order valence-corrected chi connectivity index (χ0v) is 10.5. The lowest BCUT2D eigenvalue weighted by atomic mass is 9.83. The molecular formula is C15H22O. The summed E-state index contributed by atoms with van der Waals surface area (Å²) in [6, 6.07) is 6.76. The predicted octanol–water partition coefficient (Wildman–Crippen LogP) is 4.31. The van der Waals surface area contributed by atoms with Crippen molar-refractivity contribution in [3.63, 3.8) is 0 Å². The second-order valence-electron chi connectivity index (χ2n) is 4.76. The van der Waals surface area contributed by atoms with Gasteiger partial charge in [-0.05, 0) is 42.4 Å². The molecule has 2 rings (SSSR count). The van der Waals surface area contributed by atoms with E-state index in [1.54, 1.807) is 7.11 Å². The van der Waals surface area contributed by atoms with Crippen LogP contribution < -0.4 is 4.74 Å². The normalized spacial score (nSPS) is 17.4. The molecule has 1 heteroatoms. The number of aryl methyl sites for hydroxylation is 1. The highest BCUT2D eigenvalue weighted by molar-refractivity contribution is 5.38. The summed E-state index contributed by atoms with van der Waals surface area (Å²) in [5, 5.41) is 0. The number of methoxy groups -OCH3 is 1. The number of ether oxygens (including phenoxy) is 1. The van der Waals surface area contributed by atoms with E-state index in [0.29, 0.717) is 0 Å². The molecule has 0 atom stereocenters. The predicted molar refractivity (Wildman–Crippen MR) is 68.2 cm³/mol. The maximum absolute atomic E-state index is 5.38. The van der Waals surface area contributed by atoms with Crippen LogP contribution in [0.1, 0.15) is 56.1 Å². The highest BCUT2D eigenvalue weighted by atomic mass is 16.5. The molecule has 88 valence electrons. The van der Waals surface area contributed by atoms with Gasteiger partial charge in [0.2, 0.25) is 0 Å². The molecule has 0 amide bonds. The molecule has 0 heterocycles. The number of benzene rings is 1. The summed E-state index contributed by atoms with van der Waals surface area (Å²) in [5.74, 6) is 1.84. The van der Waals surface area contributed by atoms with Crippen LogP contribution in [0, 0.1) is 0 Å². The molecule has 0 spiro atoms. The monoisotopic (exact) mass is 218 g/mol. The van der Waals surface area contributed by atoms with Gasteiger partial charge in [-0.1, -0.05) is 38.3 Å². The zero-order valence-electron chi connectivity index (χ0n) is 10.5. The summed E-state index contributed by atoms with van der Waals surface area (Å²) in [7, 11) is 1.76. The number of hydrogen-bond donors (Lipinski definition) is 0. The number of hydrogen-bond acceptors (Lipinski definition) is 1. The summed E-state index contributed by atoms with van der Waals surface area (Å²) in [5.41, 5.74) is 2.88. The first-order valence-electron chi connectivity index (χ1n) is 6.52. The fourth-order valence-corrected chi connectivity index (χ4v) is 2.76. The van der Waals surface area contributed by atoms with Crippen LogP contribution >= 0.6 is 0 Å². The molecule has 0 aliphatic heterocycles. The SMILES string of the molecule is CCc1cc(C2CCCCC2)ccc1OC. The molecule has 0 aromatic heterocycles. The molecule has 1 saturated carbocycles. The van der Waals surface area contributed by atoms with E-state index in [-0.39, 0.29) is 0 Å². The van der Waals surface area contributed by atoms with Crippen LogP contribution in [0.5, 0.6) is 5.75 Å². The van der Waals surface area contributed by atoms with Crippen LogP contribution in [0.25, 0.3) is 0 Å². The first kappa shape index (κ1) is 11.5. The molecule has 1 aliphatic carbocycles. The topological polar surface area (TPSA) is 9.23 Å². The average molecular weight is 218 g/mol. The summed E-state index contributed by atoms with van der Waals surface area (Å²) in [6.07, 6.45) is 8.03. The fourth-order valence-electron chi connectivity index (χ4n) is 2.76. The van der Waals surface area contributed by atoms with E-state index in [1.165, 1.54) is 43.2 Å². The maximum Gasteiger partial charge on any atom is 0.122 e. The molecule has 1 aliphatic rings. The van der Waals surface area contributed by atoms with Gasteiger partial charge in [-0.15, -0.1) is 0 Å². The van der Waals surface area contributed by atoms with Crippen molar-refractivity contribution in [3.8, 4) is 5.75 Å². The molecule has 1 fully saturated rings. The van der Waals surface area contributed by atoms with Gasteiger partial charge in [0.1, 0.15) is 5.75 Å². The molecular weight excluding hydrogens is 196 g/mol. The van der Waals surface area contributed by atoms with Crippen molar-refractivity contribution in [2.45, 2.75) is 51.4 Å². The second kappa shape index (κ2) is 5.38. The highest BCUT2D eigenvalue weighted by Crippen LogP contribution is 2.34. The Morgan fingerprint density at radius 1 is 1.19 bits per heavy atom. The van der Waals surface area contributed by atoms with Gasteiger partial charge in [-0.3, -0.25) is 0 Å². The van der Waals surface area contributed by atoms with Crippen LogP contribution in [0.2, 0.25) is 0 Å². The minimum Gasteiger partial charge on any atom is -0.496 e. The van der Waals surface area contributed by atoms with E-state index >= 15 is 0 Å². The molecule has 0 N–H and O–H groups in total. The van der Waals surface area contributed by atoms with E-state index in [9.17, 15) is 0 Å². The van der Waals surface area contributed by atoms with Gasteiger partial charge in [-0.25, -0.2) is 0 Å². The Balaban J connectivity index is 2.20. The Hall–Kier alpha value is -0.980.